The number of carbonyl (C=O) groups is 1. The fourth-order valence-electron chi connectivity index (χ4n) is 1.72. The molecule has 1 rings (SSSR count). The molecule has 106 valence electrons. The molecule has 0 aliphatic rings. The zero-order valence-corrected chi connectivity index (χ0v) is 12.4. The third-order valence-electron chi connectivity index (χ3n) is 2.90. The highest BCUT2D eigenvalue weighted by Gasteiger charge is 2.02. The van der Waals surface area contributed by atoms with Crippen LogP contribution in [0.4, 0.5) is 10.5 Å². The van der Waals surface area contributed by atoms with Gasteiger partial charge in [0.1, 0.15) is 0 Å². The summed E-state index contributed by atoms with van der Waals surface area (Å²) < 4.78 is 0. The number of rotatable bonds is 6. The lowest BCUT2D eigenvalue weighted by atomic mass is 10.0. The lowest BCUT2D eigenvalue weighted by Gasteiger charge is -2.11. The molecule has 1 aromatic carbocycles. The highest BCUT2D eigenvalue weighted by atomic mass is 16.2. The number of hydrogen-bond acceptors (Lipinski definition) is 2. The largest absolute Gasteiger partial charge is 0.338 e. The highest BCUT2D eigenvalue weighted by Crippen LogP contribution is 2.16. The van der Waals surface area contributed by atoms with Crippen molar-refractivity contribution in [2.45, 2.75) is 26.2 Å². The summed E-state index contributed by atoms with van der Waals surface area (Å²) in [5.41, 5.74) is 2.10. The van der Waals surface area contributed by atoms with Gasteiger partial charge in [0.15, 0.2) is 0 Å². The van der Waals surface area contributed by atoms with E-state index in [9.17, 15) is 4.79 Å². The van der Waals surface area contributed by atoms with E-state index in [0.717, 1.165) is 18.7 Å². The van der Waals surface area contributed by atoms with Gasteiger partial charge in [-0.1, -0.05) is 26.0 Å². The zero-order chi connectivity index (χ0) is 14.3. The van der Waals surface area contributed by atoms with Gasteiger partial charge in [-0.05, 0) is 50.7 Å². The third kappa shape index (κ3) is 6.25. The molecular formula is C15H25N3O. The highest BCUT2D eigenvalue weighted by molar-refractivity contribution is 5.89. The second-order valence-electron chi connectivity index (χ2n) is 5.31. The molecule has 0 saturated carbocycles. The predicted octanol–water partition coefficient (Wildman–Crippen LogP) is 2.88. The molecule has 0 saturated heterocycles. The van der Waals surface area contributed by atoms with Crippen LogP contribution >= 0.6 is 0 Å². The molecule has 0 radical (unpaired) electrons. The summed E-state index contributed by atoms with van der Waals surface area (Å²) in [4.78, 5) is 13.7. The molecule has 0 heterocycles. The first-order valence-corrected chi connectivity index (χ1v) is 6.78. The zero-order valence-electron chi connectivity index (χ0n) is 12.4. The summed E-state index contributed by atoms with van der Waals surface area (Å²) in [5, 5.41) is 5.68. The van der Waals surface area contributed by atoms with E-state index in [4.69, 9.17) is 0 Å². The molecule has 1 aromatic rings. The van der Waals surface area contributed by atoms with Gasteiger partial charge >= 0.3 is 6.03 Å². The molecule has 4 heteroatoms. The van der Waals surface area contributed by atoms with Crippen LogP contribution in [0.5, 0.6) is 0 Å². The Morgan fingerprint density at radius 2 is 1.84 bits per heavy atom. The van der Waals surface area contributed by atoms with E-state index in [2.05, 4.69) is 29.4 Å². The van der Waals surface area contributed by atoms with E-state index in [0.29, 0.717) is 12.5 Å². The Morgan fingerprint density at radius 3 is 2.37 bits per heavy atom. The molecule has 2 N–H and O–H groups in total. The number of hydrogen-bond donors (Lipinski definition) is 2. The Balaban J connectivity index is 2.32. The summed E-state index contributed by atoms with van der Waals surface area (Å²) in [5.74, 6) is 0.508. The number of anilines is 1. The first-order chi connectivity index (χ1) is 8.99. The summed E-state index contributed by atoms with van der Waals surface area (Å²) in [6.45, 7) is 5.97. The second kappa shape index (κ2) is 7.79. The van der Waals surface area contributed by atoms with E-state index in [1.165, 1.54) is 5.56 Å². The minimum Gasteiger partial charge on any atom is -0.338 e. The number of nitrogens with zero attached hydrogens (tertiary/aromatic N) is 1. The third-order valence-corrected chi connectivity index (χ3v) is 2.90. The van der Waals surface area contributed by atoms with Crippen molar-refractivity contribution in [2.75, 3.05) is 32.5 Å². The van der Waals surface area contributed by atoms with E-state index < -0.39 is 0 Å². The Hall–Kier alpha value is -1.55. The summed E-state index contributed by atoms with van der Waals surface area (Å²) >= 11 is 0. The van der Waals surface area contributed by atoms with Crippen LogP contribution in [0.3, 0.4) is 0 Å². The van der Waals surface area contributed by atoms with Crippen LogP contribution in [0.1, 0.15) is 31.7 Å². The van der Waals surface area contributed by atoms with Crippen molar-refractivity contribution in [3.8, 4) is 0 Å². The quantitative estimate of drug-likeness (QED) is 0.775. The molecule has 4 nitrogen and oxygen atoms in total. The van der Waals surface area contributed by atoms with Crippen molar-refractivity contribution in [1.29, 1.82) is 0 Å². The number of benzene rings is 1. The molecule has 0 unspecified atom stereocenters. The van der Waals surface area contributed by atoms with Gasteiger partial charge in [0.2, 0.25) is 0 Å². The monoisotopic (exact) mass is 263 g/mol. The molecule has 0 fully saturated rings. The summed E-state index contributed by atoms with van der Waals surface area (Å²) in [6, 6.07) is 7.83. The topological polar surface area (TPSA) is 44.4 Å². The first kappa shape index (κ1) is 15.5. The molecule has 2 amide bonds. The smallest absolute Gasteiger partial charge is 0.319 e. The number of carbonyl (C=O) groups excluding carboxylic acids is 1. The van der Waals surface area contributed by atoms with Gasteiger partial charge in [-0.3, -0.25) is 0 Å². The van der Waals surface area contributed by atoms with Gasteiger partial charge in [0, 0.05) is 12.2 Å². The predicted molar refractivity (Wildman–Crippen MR) is 80.7 cm³/mol. The van der Waals surface area contributed by atoms with Gasteiger partial charge < -0.3 is 15.5 Å². The average Bonchev–Trinajstić information content (AvgIpc) is 2.35. The summed E-state index contributed by atoms with van der Waals surface area (Å²) in [7, 11) is 4.05. The summed E-state index contributed by atoms with van der Waals surface area (Å²) in [6.07, 6.45) is 0.951. The van der Waals surface area contributed by atoms with Gasteiger partial charge in [-0.25, -0.2) is 4.79 Å². The van der Waals surface area contributed by atoms with Crippen molar-refractivity contribution in [3.63, 3.8) is 0 Å². The number of urea groups is 1. The lowest BCUT2D eigenvalue weighted by molar-refractivity contribution is 0.251. The van der Waals surface area contributed by atoms with Crippen LogP contribution in [0.15, 0.2) is 24.3 Å². The Morgan fingerprint density at radius 1 is 1.21 bits per heavy atom. The Bertz CT molecular complexity index is 385. The van der Waals surface area contributed by atoms with Crippen LogP contribution in [0, 0.1) is 0 Å². The van der Waals surface area contributed by atoms with Crippen LogP contribution < -0.4 is 10.6 Å². The van der Waals surface area contributed by atoms with E-state index in [1.54, 1.807) is 0 Å². The molecule has 0 bridgehead atoms. The van der Waals surface area contributed by atoms with Crippen LogP contribution in [-0.2, 0) is 0 Å². The SMILES string of the molecule is CC(C)c1ccc(NC(=O)NCCCN(C)C)cc1. The van der Waals surface area contributed by atoms with Crippen molar-refractivity contribution >= 4 is 11.7 Å². The van der Waals surface area contributed by atoms with Crippen LogP contribution in [-0.4, -0.2) is 38.1 Å². The van der Waals surface area contributed by atoms with Crippen molar-refractivity contribution in [2.24, 2.45) is 0 Å². The van der Waals surface area contributed by atoms with Gasteiger partial charge in [-0.2, -0.15) is 0 Å². The first-order valence-electron chi connectivity index (χ1n) is 6.78. The molecule has 0 aliphatic heterocycles. The molecule has 0 aliphatic carbocycles. The number of amides is 2. The normalized spacial score (nSPS) is 10.8. The van der Waals surface area contributed by atoms with Crippen molar-refractivity contribution < 1.29 is 4.79 Å². The maximum Gasteiger partial charge on any atom is 0.319 e. The van der Waals surface area contributed by atoms with Crippen molar-refractivity contribution in [1.82, 2.24) is 10.2 Å². The molecule has 19 heavy (non-hydrogen) atoms. The standard InChI is InChI=1S/C15H25N3O/c1-12(2)13-6-8-14(9-7-13)17-15(19)16-10-5-11-18(3)4/h6-9,12H,5,10-11H2,1-4H3,(H2,16,17,19). The Kier molecular flexibility index (Phi) is 6.36. The van der Waals surface area contributed by atoms with E-state index in [1.807, 2.05) is 38.4 Å². The lowest BCUT2D eigenvalue weighted by Crippen LogP contribution is -2.31. The molecule has 0 aromatic heterocycles. The number of nitrogens with one attached hydrogen (secondary N) is 2. The Labute approximate surface area is 116 Å². The average molecular weight is 263 g/mol. The van der Waals surface area contributed by atoms with Gasteiger partial charge in [0.05, 0.1) is 0 Å². The van der Waals surface area contributed by atoms with E-state index >= 15 is 0 Å². The molecule has 0 spiro atoms. The van der Waals surface area contributed by atoms with Crippen molar-refractivity contribution in [3.05, 3.63) is 29.8 Å². The van der Waals surface area contributed by atoms with Gasteiger partial charge in [0.25, 0.3) is 0 Å². The fraction of sp³-hybridized carbons (Fsp3) is 0.533. The minimum absolute atomic E-state index is 0.143. The molecular weight excluding hydrogens is 238 g/mol. The maximum absolute atomic E-state index is 11.6. The second-order valence-corrected chi connectivity index (χ2v) is 5.31. The van der Waals surface area contributed by atoms with Crippen LogP contribution in [0.2, 0.25) is 0 Å². The minimum atomic E-state index is -0.143. The fourth-order valence-corrected chi connectivity index (χ4v) is 1.72. The molecule has 0 atom stereocenters. The van der Waals surface area contributed by atoms with Crippen LogP contribution in [0.25, 0.3) is 0 Å². The van der Waals surface area contributed by atoms with E-state index in [-0.39, 0.29) is 6.03 Å². The maximum atomic E-state index is 11.6. The van der Waals surface area contributed by atoms with Gasteiger partial charge in [-0.15, -0.1) is 0 Å².